The van der Waals surface area contributed by atoms with Crippen LogP contribution in [0.4, 0.5) is 0 Å². The maximum absolute atomic E-state index is 10.2. The number of benzene rings is 1. The highest BCUT2D eigenvalue weighted by Crippen LogP contribution is 2.25. The van der Waals surface area contributed by atoms with Gasteiger partial charge in [0.1, 0.15) is 0 Å². The average Bonchev–Trinajstić information content (AvgIpc) is 2.29. The minimum atomic E-state index is -0.347. The fourth-order valence-corrected chi connectivity index (χ4v) is 2.29. The highest BCUT2D eigenvalue weighted by atomic mass is 16.3. The van der Waals surface area contributed by atoms with Crippen molar-refractivity contribution in [3.05, 3.63) is 35.4 Å². The van der Waals surface area contributed by atoms with Crippen LogP contribution in [-0.4, -0.2) is 17.8 Å². The van der Waals surface area contributed by atoms with E-state index in [1.807, 2.05) is 0 Å². The molecular weight excluding hydrogens is 222 g/mol. The largest absolute Gasteiger partial charge is 0.392 e. The number of hydrogen-bond acceptors (Lipinski definition) is 2. The van der Waals surface area contributed by atoms with Gasteiger partial charge in [-0.1, -0.05) is 52.0 Å². The number of rotatable bonds is 6. The molecular formula is C16H27NO. The van der Waals surface area contributed by atoms with E-state index < -0.39 is 0 Å². The van der Waals surface area contributed by atoms with Crippen LogP contribution < -0.4 is 5.73 Å². The Kier molecular flexibility index (Phi) is 5.83. The molecule has 0 aliphatic carbocycles. The molecule has 0 bridgehead atoms. The molecule has 18 heavy (non-hydrogen) atoms. The zero-order valence-electron chi connectivity index (χ0n) is 12.1. The van der Waals surface area contributed by atoms with Crippen LogP contribution in [0, 0.1) is 5.92 Å². The van der Waals surface area contributed by atoms with Crippen molar-refractivity contribution in [2.45, 2.75) is 52.1 Å². The molecule has 0 spiro atoms. The fourth-order valence-electron chi connectivity index (χ4n) is 2.29. The fraction of sp³-hybridized carbons (Fsp3) is 0.625. The van der Waals surface area contributed by atoms with Crippen molar-refractivity contribution < 1.29 is 5.11 Å². The number of aliphatic hydroxyl groups excluding tert-OH is 1. The predicted molar refractivity (Wildman–Crippen MR) is 77.8 cm³/mol. The minimum absolute atomic E-state index is 0.0496. The molecule has 0 amide bonds. The molecule has 2 nitrogen and oxygen atoms in total. The minimum Gasteiger partial charge on any atom is -0.392 e. The zero-order chi connectivity index (χ0) is 13.7. The second kappa shape index (κ2) is 6.91. The van der Waals surface area contributed by atoms with E-state index >= 15 is 0 Å². The van der Waals surface area contributed by atoms with Crippen LogP contribution in [-0.2, 0) is 0 Å². The van der Waals surface area contributed by atoms with Crippen molar-refractivity contribution >= 4 is 0 Å². The molecule has 0 saturated heterocycles. The topological polar surface area (TPSA) is 46.2 Å². The molecule has 0 radical (unpaired) electrons. The normalized spacial score (nSPS) is 15.1. The van der Waals surface area contributed by atoms with Gasteiger partial charge in [-0.2, -0.15) is 0 Å². The van der Waals surface area contributed by atoms with Crippen LogP contribution in [0.5, 0.6) is 0 Å². The summed E-state index contributed by atoms with van der Waals surface area (Å²) in [5.41, 5.74) is 8.29. The van der Waals surface area contributed by atoms with Gasteiger partial charge in [0.15, 0.2) is 0 Å². The quantitative estimate of drug-likeness (QED) is 0.813. The van der Waals surface area contributed by atoms with Gasteiger partial charge in [-0.05, 0) is 29.4 Å². The lowest BCUT2D eigenvalue weighted by atomic mass is 9.87. The van der Waals surface area contributed by atoms with Gasteiger partial charge in [0.05, 0.1) is 6.10 Å². The van der Waals surface area contributed by atoms with Crippen LogP contribution in [0.3, 0.4) is 0 Å². The van der Waals surface area contributed by atoms with E-state index in [-0.39, 0.29) is 12.0 Å². The molecule has 1 rings (SSSR count). The third-order valence-corrected chi connectivity index (χ3v) is 3.46. The molecule has 2 unspecified atom stereocenters. The van der Waals surface area contributed by atoms with E-state index in [4.69, 9.17) is 5.73 Å². The van der Waals surface area contributed by atoms with Crippen LogP contribution >= 0.6 is 0 Å². The molecule has 0 aliphatic heterocycles. The SMILES string of the molecule is CC(C)CC(O)C(CN)c1ccc(C(C)C)cc1. The molecule has 3 N–H and O–H groups in total. The Morgan fingerprint density at radius 3 is 1.89 bits per heavy atom. The maximum atomic E-state index is 10.2. The highest BCUT2D eigenvalue weighted by molar-refractivity contribution is 5.28. The highest BCUT2D eigenvalue weighted by Gasteiger charge is 2.20. The van der Waals surface area contributed by atoms with Crippen LogP contribution in [0.1, 0.15) is 57.1 Å². The van der Waals surface area contributed by atoms with Gasteiger partial charge in [0.2, 0.25) is 0 Å². The third kappa shape index (κ3) is 4.11. The first-order valence-corrected chi connectivity index (χ1v) is 6.93. The summed E-state index contributed by atoms with van der Waals surface area (Å²) in [7, 11) is 0. The summed E-state index contributed by atoms with van der Waals surface area (Å²) in [6, 6.07) is 8.50. The number of nitrogens with two attached hydrogens (primary N) is 1. The number of aliphatic hydroxyl groups is 1. The summed E-state index contributed by atoms with van der Waals surface area (Å²) < 4.78 is 0. The Labute approximate surface area is 111 Å². The Bertz CT molecular complexity index is 343. The molecule has 2 heteroatoms. The average molecular weight is 249 g/mol. The summed E-state index contributed by atoms with van der Waals surface area (Å²) in [5, 5.41) is 10.2. The van der Waals surface area contributed by atoms with Crippen molar-refractivity contribution in [1.29, 1.82) is 0 Å². The lowest BCUT2D eigenvalue weighted by Gasteiger charge is -2.23. The molecule has 2 atom stereocenters. The maximum Gasteiger partial charge on any atom is 0.0623 e. The molecule has 0 aromatic heterocycles. The van der Waals surface area contributed by atoms with E-state index in [0.717, 1.165) is 12.0 Å². The standard InChI is InChI=1S/C16H27NO/c1-11(2)9-16(18)15(10-17)14-7-5-13(6-8-14)12(3)4/h5-8,11-12,15-16,18H,9-10,17H2,1-4H3. The van der Waals surface area contributed by atoms with Crippen molar-refractivity contribution in [3.63, 3.8) is 0 Å². The molecule has 0 aliphatic rings. The van der Waals surface area contributed by atoms with Gasteiger partial charge >= 0.3 is 0 Å². The van der Waals surface area contributed by atoms with Crippen molar-refractivity contribution in [2.24, 2.45) is 11.7 Å². The molecule has 0 saturated carbocycles. The summed E-state index contributed by atoms with van der Waals surface area (Å²) in [4.78, 5) is 0. The number of hydrogen-bond donors (Lipinski definition) is 2. The van der Waals surface area contributed by atoms with Gasteiger partial charge in [0, 0.05) is 12.5 Å². The lowest BCUT2D eigenvalue weighted by molar-refractivity contribution is 0.121. The summed E-state index contributed by atoms with van der Waals surface area (Å²) in [6.45, 7) is 9.11. The van der Waals surface area contributed by atoms with Gasteiger partial charge < -0.3 is 10.8 Å². The molecule has 0 fully saturated rings. The van der Waals surface area contributed by atoms with Crippen molar-refractivity contribution in [3.8, 4) is 0 Å². The van der Waals surface area contributed by atoms with E-state index in [9.17, 15) is 5.11 Å². The van der Waals surface area contributed by atoms with E-state index in [1.54, 1.807) is 0 Å². The Morgan fingerprint density at radius 2 is 1.50 bits per heavy atom. The first-order valence-electron chi connectivity index (χ1n) is 6.93. The lowest BCUT2D eigenvalue weighted by Crippen LogP contribution is -2.27. The first-order chi connectivity index (χ1) is 8.45. The van der Waals surface area contributed by atoms with Gasteiger partial charge in [-0.3, -0.25) is 0 Å². The summed E-state index contributed by atoms with van der Waals surface area (Å²) >= 11 is 0. The molecule has 0 heterocycles. The predicted octanol–water partition coefficient (Wildman–Crippen LogP) is 3.26. The monoisotopic (exact) mass is 249 g/mol. The second-order valence-corrected chi connectivity index (χ2v) is 5.86. The van der Waals surface area contributed by atoms with E-state index in [2.05, 4.69) is 52.0 Å². The Balaban J connectivity index is 2.81. The Hall–Kier alpha value is -0.860. The van der Waals surface area contributed by atoms with Crippen molar-refractivity contribution in [2.75, 3.05) is 6.54 Å². The van der Waals surface area contributed by atoms with Crippen LogP contribution in [0.15, 0.2) is 24.3 Å². The molecule has 1 aromatic carbocycles. The van der Waals surface area contributed by atoms with E-state index in [0.29, 0.717) is 18.4 Å². The smallest absolute Gasteiger partial charge is 0.0623 e. The van der Waals surface area contributed by atoms with Gasteiger partial charge in [-0.15, -0.1) is 0 Å². The third-order valence-electron chi connectivity index (χ3n) is 3.46. The molecule has 1 aromatic rings. The van der Waals surface area contributed by atoms with Crippen LogP contribution in [0.2, 0.25) is 0 Å². The zero-order valence-corrected chi connectivity index (χ0v) is 12.1. The van der Waals surface area contributed by atoms with Gasteiger partial charge in [-0.25, -0.2) is 0 Å². The van der Waals surface area contributed by atoms with Crippen molar-refractivity contribution in [1.82, 2.24) is 0 Å². The summed E-state index contributed by atoms with van der Waals surface area (Å²) in [6.07, 6.45) is 0.452. The summed E-state index contributed by atoms with van der Waals surface area (Å²) in [5.74, 6) is 1.08. The van der Waals surface area contributed by atoms with E-state index in [1.165, 1.54) is 5.56 Å². The first kappa shape index (κ1) is 15.2. The molecule has 102 valence electrons. The van der Waals surface area contributed by atoms with Gasteiger partial charge in [0.25, 0.3) is 0 Å². The second-order valence-electron chi connectivity index (χ2n) is 5.86. The Morgan fingerprint density at radius 1 is 1.00 bits per heavy atom. The van der Waals surface area contributed by atoms with Crippen LogP contribution in [0.25, 0.3) is 0 Å².